The highest BCUT2D eigenvalue weighted by Crippen LogP contribution is 2.37. The SMILES string of the molecule is CC(C)CCOc1ccc2c(oc3c(F)c([C@H](C)O)ccc32)c1F. The number of furan rings is 1. The van der Waals surface area contributed by atoms with Crippen LogP contribution in [0.15, 0.2) is 28.7 Å². The lowest BCUT2D eigenvalue weighted by molar-refractivity contribution is 0.194. The van der Waals surface area contributed by atoms with Gasteiger partial charge in [0.25, 0.3) is 0 Å². The highest BCUT2D eigenvalue weighted by atomic mass is 19.1. The molecule has 0 saturated carbocycles. The summed E-state index contributed by atoms with van der Waals surface area (Å²) in [6.45, 7) is 5.99. The number of hydrogen-bond acceptors (Lipinski definition) is 3. The molecule has 3 nitrogen and oxygen atoms in total. The number of hydrogen-bond donors (Lipinski definition) is 1. The van der Waals surface area contributed by atoms with E-state index < -0.39 is 17.7 Å². The van der Waals surface area contributed by atoms with Crippen LogP contribution in [0.25, 0.3) is 21.9 Å². The molecule has 0 spiro atoms. The third-order valence-corrected chi connectivity index (χ3v) is 4.09. The second-order valence-corrected chi connectivity index (χ2v) is 6.41. The predicted octanol–water partition coefficient (Wildman–Crippen LogP) is 5.34. The molecule has 0 aliphatic rings. The van der Waals surface area contributed by atoms with Crippen molar-refractivity contribution in [3.8, 4) is 5.75 Å². The molecule has 0 amide bonds. The first-order chi connectivity index (χ1) is 11.4. The summed E-state index contributed by atoms with van der Waals surface area (Å²) in [5.74, 6) is -0.750. The second-order valence-electron chi connectivity index (χ2n) is 6.41. The van der Waals surface area contributed by atoms with Gasteiger partial charge >= 0.3 is 0 Å². The van der Waals surface area contributed by atoms with Gasteiger partial charge in [-0.2, -0.15) is 4.39 Å². The summed E-state index contributed by atoms with van der Waals surface area (Å²) in [5, 5.41) is 10.6. The van der Waals surface area contributed by atoms with E-state index in [2.05, 4.69) is 13.8 Å². The van der Waals surface area contributed by atoms with Crippen LogP contribution in [0, 0.1) is 17.6 Å². The maximum absolute atomic E-state index is 14.6. The van der Waals surface area contributed by atoms with Crippen molar-refractivity contribution < 1.29 is 23.0 Å². The number of rotatable bonds is 5. The average Bonchev–Trinajstić information content (AvgIpc) is 2.90. The number of aliphatic hydroxyl groups is 1. The minimum absolute atomic E-state index is 0.0336. The van der Waals surface area contributed by atoms with Crippen molar-refractivity contribution in [2.75, 3.05) is 6.61 Å². The first-order valence-electron chi connectivity index (χ1n) is 8.04. The minimum atomic E-state index is -0.970. The van der Waals surface area contributed by atoms with Gasteiger partial charge in [0.15, 0.2) is 22.7 Å². The fourth-order valence-electron chi connectivity index (χ4n) is 2.67. The molecule has 1 heterocycles. The lowest BCUT2D eigenvalue weighted by atomic mass is 10.1. The van der Waals surface area contributed by atoms with E-state index in [0.29, 0.717) is 23.3 Å². The molecule has 0 fully saturated rings. The normalized spacial score (nSPS) is 13.1. The predicted molar refractivity (Wildman–Crippen MR) is 89.2 cm³/mol. The van der Waals surface area contributed by atoms with E-state index in [1.165, 1.54) is 19.1 Å². The maximum atomic E-state index is 14.6. The lowest BCUT2D eigenvalue weighted by Gasteiger charge is -2.08. The van der Waals surface area contributed by atoms with E-state index in [1.54, 1.807) is 12.1 Å². The molecule has 1 aromatic heterocycles. The van der Waals surface area contributed by atoms with Crippen molar-refractivity contribution in [1.29, 1.82) is 0 Å². The molecule has 0 unspecified atom stereocenters. The summed E-state index contributed by atoms with van der Waals surface area (Å²) in [6, 6.07) is 6.32. The fourth-order valence-corrected chi connectivity index (χ4v) is 2.67. The van der Waals surface area contributed by atoms with Crippen molar-refractivity contribution in [3.63, 3.8) is 0 Å². The number of benzene rings is 2. The Morgan fingerprint density at radius 3 is 2.25 bits per heavy atom. The van der Waals surface area contributed by atoms with E-state index >= 15 is 0 Å². The van der Waals surface area contributed by atoms with Gasteiger partial charge in [-0.05, 0) is 37.5 Å². The molecule has 2 aromatic carbocycles. The van der Waals surface area contributed by atoms with E-state index in [-0.39, 0.29) is 22.5 Å². The molecule has 0 radical (unpaired) electrons. The first-order valence-corrected chi connectivity index (χ1v) is 8.04. The number of aliphatic hydroxyl groups excluding tert-OH is 1. The van der Waals surface area contributed by atoms with Crippen LogP contribution >= 0.6 is 0 Å². The first kappa shape index (κ1) is 16.7. The van der Waals surface area contributed by atoms with Gasteiger partial charge in [-0.1, -0.05) is 19.9 Å². The molecule has 3 rings (SSSR count). The van der Waals surface area contributed by atoms with E-state index in [9.17, 15) is 13.9 Å². The largest absolute Gasteiger partial charge is 0.490 e. The van der Waals surface area contributed by atoms with Gasteiger partial charge in [-0.15, -0.1) is 0 Å². The van der Waals surface area contributed by atoms with Crippen molar-refractivity contribution >= 4 is 21.9 Å². The summed E-state index contributed by atoms with van der Waals surface area (Å²) < 4.78 is 40.0. The quantitative estimate of drug-likeness (QED) is 0.684. The highest BCUT2D eigenvalue weighted by Gasteiger charge is 2.20. The van der Waals surface area contributed by atoms with Gasteiger partial charge in [0.1, 0.15) is 0 Å². The molecule has 1 atom stereocenters. The Morgan fingerprint density at radius 1 is 1.00 bits per heavy atom. The zero-order valence-corrected chi connectivity index (χ0v) is 13.9. The second kappa shape index (κ2) is 6.40. The van der Waals surface area contributed by atoms with Crippen molar-refractivity contribution in [2.45, 2.75) is 33.3 Å². The van der Waals surface area contributed by atoms with Crippen LogP contribution in [0.4, 0.5) is 8.78 Å². The highest BCUT2D eigenvalue weighted by molar-refractivity contribution is 6.05. The van der Waals surface area contributed by atoms with Gasteiger partial charge in [0.05, 0.1) is 12.7 Å². The third-order valence-electron chi connectivity index (χ3n) is 4.09. The summed E-state index contributed by atoms with van der Waals surface area (Å²) in [7, 11) is 0. The zero-order chi connectivity index (χ0) is 17.4. The topological polar surface area (TPSA) is 42.6 Å². The summed E-state index contributed by atoms with van der Waals surface area (Å²) >= 11 is 0. The van der Waals surface area contributed by atoms with E-state index in [0.717, 1.165) is 6.42 Å². The van der Waals surface area contributed by atoms with Crippen LogP contribution in [0.1, 0.15) is 38.9 Å². The zero-order valence-electron chi connectivity index (χ0n) is 13.9. The molecule has 0 aliphatic carbocycles. The molecule has 24 heavy (non-hydrogen) atoms. The van der Waals surface area contributed by atoms with Crippen molar-refractivity contribution in [1.82, 2.24) is 0 Å². The Morgan fingerprint density at radius 2 is 1.62 bits per heavy atom. The Kier molecular flexibility index (Phi) is 4.45. The van der Waals surface area contributed by atoms with Gasteiger partial charge in [-0.25, -0.2) is 4.39 Å². The van der Waals surface area contributed by atoms with Crippen LogP contribution in [0.3, 0.4) is 0 Å². The molecule has 5 heteroatoms. The van der Waals surface area contributed by atoms with Crippen molar-refractivity contribution in [3.05, 3.63) is 41.5 Å². The Bertz CT molecular complexity index is 881. The molecule has 0 aliphatic heterocycles. The summed E-state index contributed by atoms with van der Waals surface area (Å²) in [6.07, 6.45) is -0.161. The Labute approximate surface area is 138 Å². The van der Waals surface area contributed by atoms with Crippen LogP contribution in [0.2, 0.25) is 0 Å². The standard InChI is InChI=1S/C19H20F2O3/c1-10(2)8-9-23-15-7-6-14-13-5-4-12(11(3)22)16(20)18(13)24-19(14)17(15)21/h4-7,10-11,22H,8-9H2,1-3H3/t11-/m0/s1. The third kappa shape index (κ3) is 2.84. The van der Waals surface area contributed by atoms with Crippen LogP contribution in [0.5, 0.6) is 5.75 Å². The van der Waals surface area contributed by atoms with Crippen LogP contribution in [-0.4, -0.2) is 11.7 Å². The Balaban J connectivity index is 2.08. The molecular weight excluding hydrogens is 314 g/mol. The monoisotopic (exact) mass is 334 g/mol. The van der Waals surface area contributed by atoms with Gasteiger partial charge in [-0.3, -0.25) is 0 Å². The minimum Gasteiger partial charge on any atom is -0.490 e. The smallest absolute Gasteiger partial charge is 0.208 e. The van der Waals surface area contributed by atoms with Gasteiger partial charge in [0, 0.05) is 16.3 Å². The summed E-state index contributed by atoms with van der Waals surface area (Å²) in [4.78, 5) is 0. The van der Waals surface area contributed by atoms with Crippen LogP contribution in [-0.2, 0) is 0 Å². The van der Waals surface area contributed by atoms with Gasteiger partial charge in [0.2, 0.25) is 5.82 Å². The molecule has 1 N–H and O–H groups in total. The number of fused-ring (bicyclic) bond motifs is 3. The summed E-state index contributed by atoms with van der Waals surface area (Å²) in [5.41, 5.74) is 0.0330. The van der Waals surface area contributed by atoms with Gasteiger partial charge < -0.3 is 14.3 Å². The molecular formula is C19H20F2O3. The average molecular weight is 334 g/mol. The number of halogens is 2. The lowest BCUT2D eigenvalue weighted by Crippen LogP contribution is -2.02. The number of ether oxygens (including phenoxy) is 1. The van der Waals surface area contributed by atoms with Crippen molar-refractivity contribution in [2.24, 2.45) is 5.92 Å². The van der Waals surface area contributed by atoms with E-state index in [1.807, 2.05) is 0 Å². The van der Waals surface area contributed by atoms with E-state index in [4.69, 9.17) is 9.15 Å². The molecule has 128 valence electrons. The molecule has 0 saturated heterocycles. The Hall–Kier alpha value is -2.14. The van der Waals surface area contributed by atoms with Crippen LogP contribution < -0.4 is 4.74 Å². The molecule has 0 bridgehead atoms. The molecule has 3 aromatic rings. The maximum Gasteiger partial charge on any atom is 0.208 e. The fraction of sp³-hybridized carbons (Fsp3) is 0.368.